The van der Waals surface area contributed by atoms with Gasteiger partial charge in [0, 0.05) is 48.1 Å². The first-order valence-corrected chi connectivity index (χ1v) is 13.8. The summed E-state index contributed by atoms with van der Waals surface area (Å²) in [7, 11) is 0. The average Bonchev–Trinajstić information content (AvgIpc) is 3.32. The fourth-order valence-electron chi connectivity index (χ4n) is 4.64. The molecule has 4 aromatic rings. The van der Waals surface area contributed by atoms with Gasteiger partial charge in [-0.25, -0.2) is 4.79 Å². The largest absolute Gasteiger partial charge is 0.456 e. The van der Waals surface area contributed by atoms with E-state index in [4.69, 9.17) is 9.15 Å². The van der Waals surface area contributed by atoms with Crippen molar-refractivity contribution < 1.29 is 18.7 Å². The van der Waals surface area contributed by atoms with Gasteiger partial charge in [0.1, 0.15) is 16.9 Å². The molecule has 0 bridgehead atoms. The summed E-state index contributed by atoms with van der Waals surface area (Å²) in [6, 6.07) is 23.2. The van der Waals surface area contributed by atoms with Crippen molar-refractivity contribution in [1.29, 1.82) is 0 Å². The maximum atomic E-state index is 12.9. The first-order valence-electron chi connectivity index (χ1n) is 13.0. The Balaban J connectivity index is 1.28. The number of para-hydroxylation sites is 1. The number of piperazine rings is 1. The molecule has 1 fully saturated rings. The molecule has 1 N–H and O–H groups in total. The van der Waals surface area contributed by atoms with Crippen LogP contribution >= 0.6 is 15.9 Å². The van der Waals surface area contributed by atoms with Crippen molar-refractivity contribution in [3.05, 3.63) is 88.4 Å². The van der Waals surface area contributed by atoms with Gasteiger partial charge in [0.15, 0.2) is 0 Å². The molecule has 1 aliphatic heterocycles. The van der Waals surface area contributed by atoms with E-state index in [0.29, 0.717) is 30.1 Å². The minimum Gasteiger partial charge on any atom is -0.456 e. The van der Waals surface area contributed by atoms with Crippen LogP contribution in [0.3, 0.4) is 0 Å². The molecule has 202 valence electrons. The number of nitrogens with zero attached hydrogens (tertiary/aromatic N) is 2. The lowest BCUT2D eigenvalue weighted by Gasteiger charge is -2.35. The predicted molar refractivity (Wildman–Crippen MR) is 157 cm³/mol. The van der Waals surface area contributed by atoms with Crippen LogP contribution < -0.4 is 5.32 Å². The maximum absolute atomic E-state index is 12.9. The molecule has 0 unspecified atom stereocenters. The van der Waals surface area contributed by atoms with Crippen LogP contribution in [0.2, 0.25) is 0 Å². The van der Waals surface area contributed by atoms with Crippen molar-refractivity contribution in [3.63, 3.8) is 0 Å². The van der Waals surface area contributed by atoms with Crippen molar-refractivity contribution in [2.75, 3.05) is 31.5 Å². The second kappa shape index (κ2) is 11.2. The molecule has 5 rings (SSSR count). The Morgan fingerprint density at radius 3 is 2.41 bits per heavy atom. The smallest absolute Gasteiger partial charge is 0.410 e. The van der Waals surface area contributed by atoms with E-state index in [1.807, 2.05) is 75.4 Å². The van der Waals surface area contributed by atoms with Gasteiger partial charge in [0.05, 0.1) is 11.3 Å². The summed E-state index contributed by atoms with van der Waals surface area (Å²) in [5.74, 6) is 0.497. The van der Waals surface area contributed by atoms with Crippen molar-refractivity contribution in [2.45, 2.75) is 32.9 Å². The highest BCUT2D eigenvalue weighted by Crippen LogP contribution is 2.34. The Morgan fingerprint density at radius 1 is 0.949 bits per heavy atom. The van der Waals surface area contributed by atoms with Crippen molar-refractivity contribution in [3.8, 4) is 11.3 Å². The van der Waals surface area contributed by atoms with Crippen molar-refractivity contribution in [1.82, 2.24) is 9.80 Å². The summed E-state index contributed by atoms with van der Waals surface area (Å²) in [6.07, 6.45) is -0.248. The van der Waals surface area contributed by atoms with Crippen LogP contribution in [0, 0.1) is 0 Å². The molecule has 8 heteroatoms. The van der Waals surface area contributed by atoms with Crippen LogP contribution in [0.1, 0.15) is 36.7 Å². The Kier molecular flexibility index (Phi) is 7.77. The zero-order valence-corrected chi connectivity index (χ0v) is 24.0. The van der Waals surface area contributed by atoms with Gasteiger partial charge in [-0.05, 0) is 84.7 Å². The number of hydrogen-bond acceptors (Lipinski definition) is 5. The van der Waals surface area contributed by atoms with Gasteiger partial charge in [-0.3, -0.25) is 9.69 Å². The number of amides is 2. The Bertz CT molecular complexity index is 1500. The fraction of sp³-hybridized carbons (Fsp3) is 0.290. The molecule has 2 heterocycles. The molecule has 2 amide bonds. The second-order valence-electron chi connectivity index (χ2n) is 10.7. The first kappa shape index (κ1) is 27.0. The number of furan rings is 1. The van der Waals surface area contributed by atoms with Crippen LogP contribution in [0.5, 0.6) is 0 Å². The molecule has 0 saturated carbocycles. The molecule has 7 nitrogen and oxygen atoms in total. The summed E-state index contributed by atoms with van der Waals surface area (Å²) in [5.41, 5.74) is 3.53. The van der Waals surface area contributed by atoms with Crippen LogP contribution in [0.15, 0.2) is 81.7 Å². The Hall–Kier alpha value is -3.62. The second-order valence-corrected chi connectivity index (χ2v) is 11.6. The standard InChI is InChI=1S/C31H32BrN3O4/c1-31(2,3)39-30(37)35-16-14-34(15-17-35)20-21-12-13-27-22(18-21)19-28(38-27)24-9-5-7-11-26(24)33-29(36)23-8-4-6-10-25(23)32/h4-13,18-19H,14-17,20H2,1-3H3,(H,33,36). The van der Waals surface area contributed by atoms with E-state index in [1.165, 1.54) is 5.56 Å². The summed E-state index contributed by atoms with van der Waals surface area (Å²) in [4.78, 5) is 29.4. The summed E-state index contributed by atoms with van der Waals surface area (Å²) >= 11 is 3.45. The number of fused-ring (bicyclic) bond motifs is 1. The summed E-state index contributed by atoms with van der Waals surface area (Å²) in [6.45, 7) is 9.32. The number of ether oxygens (including phenoxy) is 1. The molecule has 1 aromatic heterocycles. The van der Waals surface area contributed by atoms with Crippen LogP contribution in [-0.4, -0.2) is 53.6 Å². The zero-order valence-electron chi connectivity index (χ0n) is 22.4. The first-order chi connectivity index (χ1) is 18.7. The molecule has 1 aliphatic rings. The zero-order chi connectivity index (χ0) is 27.6. The third kappa shape index (κ3) is 6.52. The number of rotatable bonds is 5. The van der Waals surface area contributed by atoms with Gasteiger partial charge in [0.25, 0.3) is 5.91 Å². The summed E-state index contributed by atoms with van der Waals surface area (Å²) < 4.78 is 12.4. The van der Waals surface area contributed by atoms with Gasteiger partial charge in [-0.1, -0.05) is 30.3 Å². The number of carbonyl (C=O) groups excluding carboxylic acids is 2. The topological polar surface area (TPSA) is 75.0 Å². The van der Waals surface area contributed by atoms with Gasteiger partial charge in [0.2, 0.25) is 0 Å². The number of anilines is 1. The number of nitrogens with one attached hydrogen (secondary N) is 1. The molecular weight excluding hydrogens is 558 g/mol. The SMILES string of the molecule is CC(C)(C)OC(=O)N1CCN(Cc2ccc3oc(-c4ccccc4NC(=O)c4ccccc4Br)cc3c2)CC1. The van der Waals surface area contributed by atoms with E-state index in [2.05, 4.69) is 38.3 Å². The third-order valence-corrected chi connectivity index (χ3v) is 7.26. The molecular formula is C31H32BrN3O4. The molecule has 0 aliphatic carbocycles. The number of hydrogen-bond donors (Lipinski definition) is 1. The van der Waals surface area contributed by atoms with Crippen molar-refractivity contribution >= 4 is 44.6 Å². The summed E-state index contributed by atoms with van der Waals surface area (Å²) in [5, 5.41) is 4.03. The quantitative estimate of drug-likeness (QED) is 0.267. The van der Waals surface area contributed by atoms with Gasteiger partial charge in [-0.2, -0.15) is 0 Å². The normalized spacial score (nSPS) is 14.4. The minimum atomic E-state index is -0.488. The Morgan fingerprint density at radius 2 is 1.67 bits per heavy atom. The van der Waals surface area contributed by atoms with Gasteiger partial charge >= 0.3 is 6.09 Å². The highest BCUT2D eigenvalue weighted by atomic mass is 79.9. The van der Waals surface area contributed by atoms with E-state index in [1.54, 1.807) is 11.0 Å². The number of halogens is 1. The third-order valence-electron chi connectivity index (χ3n) is 6.57. The van der Waals surface area contributed by atoms with Crippen LogP contribution in [0.25, 0.3) is 22.3 Å². The lowest BCUT2D eigenvalue weighted by molar-refractivity contribution is 0.0139. The van der Waals surface area contributed by atoms with E-state index in [0.717, 1.165) is 40.6 Å². The average molecular weight is 591 g/mol. The van der Waals surface area contributed by atoms with E-state index >= 15 is 0 Å². The minimum absolute atomic E-state index is 0.194. The van der Waals surface area contributed by atoms with Crippen LogP contribution in [-0.2, 0) is 11.3 Å². The number of carbonyl (C=O) groups is 2. The lowest BCUT2D eigenvalue weighted by atomic mass is 10.1. The highest BCUT2D eigenvalue weighted by Gasteiger charge is 2.26. The van der Waals surface area contributed by atoms with Gasteiger partial charge in [-0.15, -0.1) is 0 Å². The maximum Gasteiger partial charge on any atom is 0.410 e. The number of benzene rings is 3. The molecule has 3 aromatic carbocycles. The molecule has 0 atom stereocenters. The fourth-order valence-corrected chi connectivity index (χ4v) is 5.10. The van der Waals surface area contributed by atoms with E-state index in [-0.39, 0.29) is 12.0 Å². The molecule has 39 heavy (non-hydrogen) atoms. The van der Waals surface area contributed by atoms with Crippen molar-refractivity contribution in [2.24, 2.45) is 0 Å². The van der Waals surface area contributed by atoms with Crippen LogP contribution in [0.4, 0.5) is 10.5 Å². The molecule has 1 saturated heterocycles. The molecule has 0 spiro atoms. The highest BCUT2D eigenvalue weighted by molar-refractivity contribution is 9.10. The van der Waals surface area contributed by atoms with Gasteiger partial charge < -0.3 is 19.4 Å². The van der Waals surface area contributed by atoms with E-state index in [9.17, 15) is 9.59 Å². The predicted octanol–water partition coefficient (Wildman–Crippen LogP) is 7.17. The molecule has 0 radical (unpaired) electrons. The van der Waals surface area contributed by atoms with E-state index < -0.39 is 5.60 Å². The Labute approximate surface area is 236 Å². The monoisotopic (exact) mass is 589 g/mol. The lowest BCUT2D eigenvalue weighted by Crippen LogP contribution is -2.49.